The number of aromatic nitrogens is 1. The summed E-state index contributed by atoms with van der Waals surface area (Å²) >= 11 is 0. The van der Waals surface area contributed by atoms with Crippen molar-refractivity contribution in [2.75, 3.05) is 13.2 Å². The van der Waals surface area contributed by atoms with Crippen LogP contribution in [-0.4, -0.2) is 41.2 Å². The molecule has 2 heterocycles. The van der Waals surface area contributed by atoms with Gasteiger partial charge in [-0.25, -0.2) is 0 Å². The molecule has 4 nitrogen and oxygen atoms in total. The summed E-state index contributed by atoms with van der Waals surface area (Å²) in [6.07, 6.45) is 2.97. The molecular formula is C16H25N3O. The second-order valence-corrected chi connectivity index (χ2v) is 6.20. The second kappa shape index (κ2) is 6.20. The van der Waals surface area contributed by atoms with E-state index in [1.807, 2.05) is 0 Å². The van der Waals surface area contributed by atoms with Crippen LogP contribution in [0.2, 0.25) is 0 Å². The highest BCUT2D eigenvalue weighted by Gasteiger charge is 2.24. The number of pyridine rings is 1. The molecule has 2 unspecified atom stereocenters. The molecule has 4 heteroatoms. The molecule has 3 rings (SSSR count). The lowest BCUT2D eigenvalue weighted by atomic mass is 10.2. The van der Waals surface area contributed by atoms with Crippen molar-refractivity contribution in [3.05, 3.63) is 29.6 Å². The van der Waals surface area contributed by atoms with Crippen molar-refractivity contribution in [2.45, 2.75) is 58.0 Å². The van der Waals surface area contributed by atoms with E-state index in [1.54, 1.807) is 0 Å². The summed E-state index contributed by atoms with van der Waals surface area (Å²) in [6.45, 7) is 8.00. The molecule has 2 aliphatic rings. The second-order valence-electron chi connectivity index (χ2n) is 6.20. The summed E-state index contributed by atoms with van der Waals surface area (Å²) in [6, 6.07) is 7.58. The highest BCUT2D eigenvalue weighted by molar-refractivity contribution is 5.12. The molecule has 0 radical (unpaired) electrons. The van der Waals surface area contributed by atoms with Gasteiger partial charge in [0.25, 0.3) is 0 Å². The van der Waals surface area contributed by atoms with Crippen LogP contribution in [0.4, 0.5) is 0 Å². The number of nitrogens with zero attached hydrogens (tertiary/aromatic N) is 2. The van der Waals surface area contributed by atoms with Crippen LogP contribution in [-0.2, 0) is 17.8 Å². The van der Waals surface area contributed by atoms with Gasteiger partial charge in [-0.05, 0) is 38.8 Å². The fraction of sp³-hybridized carbons (Fsp3) is 0.688. The maximum atomic E-state index is 5.68. The summed E-state index contributed by atoms with van der Waals surface area (Å²) in [5, 5.41) is 3.52. The van der Waals surface area contributed by atoms with Gasteiger partial charge >= 0.3 is 0 Å². The van der Waals surface area contributed by atoms with Crippen molar-refractivity contribution in [1.29, 1.82) is 0 Å². The van der Waals surface area contributed by atoms with Gasteiger partial charge in [0.05, 0.1) is 24.1 Å². The predicted molar refractivity (Wildman–Crippen MR) is 79.4 cm³/mol. The van der Waals surface area contributed by atoms with Gasteiger partial charge < -0.3 is 10.1 Å². The molecule has 0 bridgehead atoms. The predicted octanol–water partition coefficient (Wildman–Crippen LogP) is 1.94. The molecule has 1 saturated heterocycles. The fourth-order valence-electron chi connectivity index (χ4n) is 2.65. The molecule has 1 aliphatic heterocycles. The van der Waals surface area contributed by atoms with Crippen LogP contribution in [0.1, 0.15) is 38.1 Å². The normalized spacial score (nSPS) is 27.7. The molecule has 1 aliphatic carbocycles. The summed E-state index contributed by atoms with van der Waals surface area (Å²) in [5.74, 6) is 0. The molecule has 1 saturated carbocycles. The zero-order valence-corrected chi connectivity index (χ0v) is 12.5. The Morgan fingerprint density at radius 1 is 1.30 bits per heavy atom. The highest BCUT2D eigenvalue weighted by atomic mass is 16.5. The first-order valence-electron chi connectivity index (χ1n) is 7.74. The van der Waals surface area contributed by atoms with Crippen LogP contribution >= 0.6 is 0 Å². The van der Waals surface area contributed by atoms with E-state index in [9.17, 15) is 0 Å². The van der Waals surface area contributed by atoms with E-state index in [4.69, 9.17) is 9.72 Å². The van der Waals surface area contributed by atoms with E-state index in [0.29, 0.717) is 12.1 Å². The average molecular weight is 275 g/mol. The number of ether oxygens (including phenoxy) is 1. The van der Waals surface area contributed by atoms with Crippen LogP contribution in [0.5, 0.6) is 0 Å². The number of morpholine rings is 1. The quantitative estimate of drug-likeness (QED) is 0.891. The van der Waals surface area contributed by atoms with Crippen LogP contribution in [0.3, 0.4) is 0 Å². The number of hydrogen-bond acceptors (Lipinski definition) is 4. The molecule has 1 aromatic rings. The Morgan fingerprint density at radius 3 is 2.90 bits per heavy atom. The third-order valence-corrected chi connectivity index (χ3v) is 4.12. The van der Waals surface area contributed by atoms with Gasteiger partial charge in [-0.15, -0.1) is 0 Å². The Labute approximate surface area is 121 Å². The minimum atomic E-state index is 0.325. The van der Waals surface area contributed by atoms with Crippen LogP contribution in [0.25, 0.3) is 0 Å². The van der Waals surface area contributed by atoms with E-state index in [0.717, 1.165) is 38.0 Å². The summed E-state index contributed by atoms with van der Waals surface area (Å²) < 4.78 is 5.68. The van der Waals surface area contributed by atoms with Gasteiger partial charge in [-0.1, -0.05) is 6.07 Å². The lowest BCUT2D eigenvalue weighted by molar-refractivity contribution is -0.0530. The van der Waals surface area contributed by atoms with E-state index in [2.05, 4.69) is 42.3 Å². The summed E-state index contributed by atoms with van der Waals surface area (Å²) in [5.41, 5.74) is 2.32. The van der Waals surface area contributed by atoms with Gasteiger partial charge in [-0.3, -0.25) is 9.88 Å². The van der Waals surface area contributed by atoms with Crippen molar-refractivity contribution in [3.63, 3.8) is 0 Å². The molecule has 1 aromatic heterocycles. The van der Waals surface area contributed by atoms with E-state index in [-0.39, 0.29) is 0 Å². The molecular weight excluding hydrogens is 250 g/mol. The summed E-state index contributed by atoms with van der Waals surface area (Å²) in [7, 11) is 0. The molecule has 110 valence electrons. The van der Waals surface area contributed by atoms with Gasteiger partial charge in [0.15, 0.2) is 0 Å². The Hall–Kier alpha value is -0.970. The first-order valence-corrected chi connectivity index (χ1v) is 7.74. The van der Waals surface area contributed by atoms with Crippen LogP contribution < -0.4 is 5.32 Å². The van der Waals surface area contributed by atoms with Crippen molar-refractivity contribution in [3.8, 4) is 0 Å². The number of nitrogens with one attached hydrogen (secondary N) is 1. The lowest BCUT2D eigenvalue weighted by Crippen LogP contribution is -2.46. The zero-order chi connectivity index (χ0) is 13.9. The monoisotopic (exact) mass is 275 g/mol. The molecule has 0 spiro atoms. The van der Waals surface area contributed by atoms with E-state index >= 15 is 0 Å². The van der Waals surface area contributed by atoms with Gasteiger partial charge in [-0.2, -0.15) is 0 Å². The molecule has 2 atom stereocenters. The van der Waals surface area contributed by atoms with E-state index in [1.165, 1.54) is 18.5 Å². The van der Waals surface area contributed by atoms with Crippen LogP contribution in [0, 0.1) is 0 Å². The molecule has 2 fully saturated rings. The van der Waals surface area contributed by atoms with Crippen molar-refractivity contribution < 1.29 is 4.74 Å². The number of hydrogen-bond donors (Lipinski definition) is 1. The van der Waals surface area contributed by atoms with Crippen molar-refractivity contribution >= 4 is 0 Å². The standard InChI is InChI=1S/C16H25N3O/c1-12-11-20-13(2)9-19(12)10-16-5-3-4-15(18-16)8-17-14-6-7-14/h3-5,12-14,17H,6-11H2,1-2H3. The Balaban J connectivity index is 1.59. The minimum Gasteiger partial charge on any atom is -0.376 e. The van der Waals surface area contributed by atoms with Crippen molar-refractivity contribution in [1.82, 2.24) is 15.2 Å². The van der Waals surface area contributed by atoms with Gasteiger partial charge in [0.1, 0.15) is 0 Å². The van der Waals surface area contributed by atoms with Crippen molar-refractivity contribution in [2.24, 2.45) is 0 Å². The maximum Gasteiger partial charge on any atom is 0.0674 e. The lowest BCUT2D eigenvalue weighted by Gasteiger charge is -2.36. The molecule has 1 N–H and O–H groups in total. The third-order valence-electron chi connectivity index (χ3n) is 4.12. The first kappa shape index (κ1) is 14.0. The van der Waals surface area contributed by atoms with Gasteiger partial charge in [0.2, 0.25) is 0 Å². The summed E-state index contributed by atoms with van der Waals surface area (Å²) in [4.78, 5) is 7.25. The zero-order valence-electron chi connectivity index (χ0n) is 12.5. The SMILES string of the molecule is CC1CN(Cc2cccc(CNC3CC3)n2)C(C)CO1. The average Bonchev–Trinajstić information content (AvgIpc) is 3.25. The smallest absolute Gasteiger partial charge is 0.0674 e. The Bertz CT molecular complexity index is 447. The Kier molecular flexibility index (Phi) is 4.34. The molecule has 20 heavy (non-hydrogen) atoms. The van der Waals surface area contributed by atoms with E-state index < -0.39 is 0 Å². The number of rotatable bonds is 5. The maximum absolute atomic E-state index is 5.68. The molecule has 0 aromatic carbocycles. The Morgan fingerprint density at radius 2 is 2.10 bits per heavy atom. The largest absolute Gasteiger partial charge is 0.376 e. The third kappa shape index (κ3) is 3.78. The minimum absolute atomic E-state index is 0.325. The first-order chi connectivity index (χ1) is 9.70. The molecule has 0 amide bonds. The highest BCUT2D eigenvalue weighted by Crippen LogP contribution is 2.19. The van der Waals surface area contributed by atoms with Crippen LogP contribution in [0.15, 0.2) is 18.2 Å². The van der Waals surface area contributed by atoms with Gasteiger partial charge in [0, 0.05) is 31.7 Å². The topological polar surface area (TPSA) is 37.4 Å². The fourth-order valence-corrected chi connectivity index (χ4v) is 2.65.